The van der Waals surface area contributed by atoms with Crippen molar-refractivity contribution >= 4 is 12.6 Å². The lowest BCUT2D eigenvalue weighted by Crippen LogP contribution is -1.87. The summed E-state index contributed by atoms with van der Waals surface area (Å²) in [5.74, 6) is 0.538. The van der Waals surface area contributed by atoms with Gasteiger partial charge in [0.1, 0.15) is 12.6 Å². The average molecular weight is 254 g/mol. The second-order valence-corrected chi connectivity index (χ2v) is 4.47. The van der Waals surface area contributed by atoms with Gasteiger partial charge in [-0.05, 0) is 11.5 Å². The molecule has 2 rings (SSSR count). The highest BCUT2D eigenvalue weighted by atomic mass is 16.1. The summed E-state index contributed by atoms with van der Waals surface area (Å²) in [6.45, 7) is 4.27. The van der Waals surface area contributed by atoms with Gasteiger partial charge in [-0.2, -0.15) is 0 Å². The molecule has 0 aromatic heterocycles. The van der Waals surface area contributed by atoms with Crippen molar-refractivity contribution in [3.63, 3.8) is 0 Å². The molecule has 2 aromatic carbocycles. The van der Waals surface area contributed by atoms with E-state index in [1.165, 1.54) is 5.56 Å². The van der Waals surface area contributed by atoms with Crippen LogP contribution in [-0.2, 0) is 0 Å². The highest BCUT2D eigenvalue weighted by Crippen LogP contribution is 2.13. The molecule has 0 aliphatic rings. The van der Waals surface area contributed by atoms with Gasteiger partial charge in [0.25, 0.3) is 0 Å². The van der Waals surface area contributed by atoms with Crippen LogP contribution >= 0.6 is 0 Å². The van der Waals surface area contributed by atoms with Crippen molar-refractivity contribution in [1.29, 1.82) is 0 Å². The Morgan fingerprint density at radius 2 is 1.21 bits per heavy atom. The second-order valence-electron chi connectivity index (χ2n) is 4.47. The normalized spacial score (nSPS) is 9.42. The lowest BCUT2D eigenvalue weighted by atomic mass is 10.0. The summed E-state index contributed by atoms with van der Waals surface area (Å²) < 4.78 is 0. The molecule has 0 radical (unpaired) electrons. The minimum absolute atomic E-state index is 0.538. The van der Waals surface area contributed by atoms with Crippen LogP contribution in [0.1, 0.15) is 46.0 Å². The van der Waals surface area contributed by atoms with E-state index in [1.807, 2.05) is 42.5 Å². The zero-order chi connectivity index (χ0) is 14.1. The second kappa shape index (κ2) is 7.98. The van der Waals surface area contributed by atoms with E-state index in [9.17, 15) is 9.59 Å². The molecule has 0 aliphatic heterocycles. The van der Waals surface area contributed by atoms with Crippen LogP contribution in [0.2, 0.25) is 0 Å². The quantitative estimate of drug-likeness (QED) is 0.772. The first-order chi connectivity index (χ1) is 9.17. The zero-order valence-corrected chi connectivity index (χ0v) is 11.2. The molecule has 0 atom stereocenters. The Labute approximate surface area is 114 Å². The monoisotopic (exact) mass is 254 g/mol. The fraction of sp³-hybridized carbons (Fsp3) is 0.176. The van der Waals surface area contributed by atoms with Crippen molar-refractivity contribution < 1.29 is 9.59 Å². The molecule has 0 bridgehead atoms. The van der Waals surface area contributed by atoms with Gasteiger partial charge in [0.15, 0.2) is 0 Å². The summed E-state index contributed by atoms with van der Waals surface area (Å²) in [4.78, 5) is 20.3. The number of rotatable bonds is 3. The first-order valence-corrected chi connectivity index (χ1v) is 6.22. The van der Waals surface area contributed by atoms with E-state index in [0.29, 0.717) is 5.92 Å². The molecular weight excluding hydrogens is 236 g/mol. The molecule has 0 heterocycles. The van der Waals surface area contributed by atoms with Crippen LogP contribution in [0.25, 0.3) is 0 Å². The summed E-state index contributed by atoms with van der Waals surface area (Å²) >= 11 is 0. The summed E-state index contributed by atoms with van der Waals surface area (Å²) in [7, 11) is 0. The highest BCUT2D eigenvalue weighted by Gasteiger charge is 1.96. The maximum absolute atomic E-state index is 10.3. The fourth-order valence-electron chi connectivity index (χ4n) is 1.49. The molecule has 0 unspecified atom stereocenters. The lowest BCUT2D eigenvalue weighted by Gasteiger charge is -2.03. The number of aldehydes is 2. The van der Waals surface area contributed by atoms with Crippen molar-refractivity contribution in [2.45, 2.75) is 19.8 Å². The molecule has 0 saturated heterocycles. The summed E-state index contributed by atoms with van der Waals surface area (Å²) in [5.41, 5.74) is 2.75. The van der Waals surface area contributed by atoms with Gasteiger partial charge in [-0.3, -0.25) is 9.59 Å². The van der Waals surface area contributed by atoms with Crippen molar-refractivity contribution in [2.24, 2.45) is 0 Å². The predicted molar refractivity (Wildman–Crippen MR) is 77.7 cm³/mol. The molecule has 0 aliphatic carbocycles. The van der Waals surface area contributed by atoms with Crippen molar-refractivity contribution in [3.05, 3.63) is 71.3 Å². The molecule has 0 fully saturated rings. The van der Waals surface area contributed by atoms with Gasteiger partial charge >= 0.3 is 0 Å². The van der Waals surface area contributed by atoms with E-state index in [2.05, 4.69) is 13.8 Å². The van der Waals surface area contributed by atoms with Gasteiger partial charge in [0.05, 0.1) is 0 Å². The predicted octanol–water partition coefficient (Wildman–Crippen LogP) is 4.12. The van der Waals surface area contributed by atoms with E-state index in [-0.39, 0.29) is 0 Å². The molecule has 2 nitrogen and oxygen atoms in total. The number of benzene rings is 2. The topological polar surface area (TPSA) is 34.1 Å². The molecular formula is C17H18O2. The maximum Gasteiger partial charge on any atom is 0.150 e. The van der Waals surface area contributed by atoms with Crippen molar-refractivity contribution in [1.82, 2.24) is 0 Å². The standard InChI is InChI=1S/C10H12O.C7H6O/c1-8(2)10-5-3-9(7-11)4-6-10;8-6-7-4-2-1-3-5-7/h3-8H,1-2H3;1-6H. The number of hydrogen-bond acceptors (Lipinski definition) is 2. The molecule has 2 aromatic rings. The van der Waals surface area contributed by atoms with Crippen LogP contribution < -0.4 is 0 Å². The Balaban J connectivity index is 0.000000200. The first kappa shape index (κ1) is 14.8. The molecule has 19 heavy (non-hydrogen) atoms. The van der Waals surface area contributed by atoms with E-state index in [0.717, 1.165) is 23.7 Å². The van der Waals surface area contributed by atoms with E-state index in [1.54, 1.807) is 12.1 Å². The summed E-state index contributed by atoms with van der Waals surface area (Å²) in [6, 6.07) is 16.8. The largest absolute Gasteiger partial charge is 0.298 e. The van der Waals surface area contributed by atoms with E-state index < -0.39 is 0 Å². The van der Waals surface area contributed by atoms with Crippen molar-refractivity contribution in [2.75, 3.05) is 0 Å². The van der Waals surface area contributed by atoms with Crippen molar-refractivity contribution in [3.8, 4) is 0 Å². The zero-order valence-electron chi connectivity index (χ0n) is 11.2. The van der Waals surface area contributed by atoms with Gasteiger partial charge < -0.3 is 0 Å². The average Bonchev–Trinajstić information content (AvgIpc) is 2.48. The van der Waals surface area contributed by atoms with Crippen LogP contribution in [0.15, 0.2) is 54.6 Å². The first-order valence-electron chi connectivity index (χ1n) is 6.22. The molecule has 98 valence electrons. The SMILES string of the molecule is CC(C)c1ccc(C=O)cc1.O=Cc1ccccc1. The third kappa shape index (κ3) is 5.30. The number of hydrogen-bond donors (Lipinski definition) is 0. The summed E-state index contributed by atoms with van der Waals surface area (Å²) in [5, 5.41) is 0. The molecule has 0 amide bonds. The van der Waals surface area contributed by atoms with Gasteiger partial charge in [-0.15, -0.1) is 0 Å². The molecule has 0 N–H and O–H groups in total. The van der Waals surface area contributed by atoms with Gasteiger partial charge in [0.2, 0.25) is 0 Å². The smallest absolute Gasteiger partial charge is 0.150 e. The van der Waals surface area contributed by atoms with Gasteiger partial charge in [-0.1, -0.05) is 68.4 Å². The minimum Gasteiger partial charge on any atom is -0.298 e. The van der Waals surface area contributed by atoms with Crippen LogP contribution in [0.4, 0.5) is 0 Å². The number of carbonyl (C=O) groups is 2. The Hall–Kier alpha value is -2.22. The molecule has 2 heteroatoms. The van der Waals surface area contributed by atoms with E-state index in [4.69, 9.17) is 0 Å². The van der Waals surface area contributed by atoms with Crippen LogP contribution in [-0.4, -0.2) is 12.6 Å². The Morgan fingerprint density at radius 1 is 0.737 bits per heavy atom. The summed E-state index contributed by atoms with van der Waals surface area (Å²) in [6.07, 6.45) is 1.70. The third-order valence-electron chi connectivity index (χ3n) is 2.67. The minimum atomic E-state index is 0.538. The Kier molecular flexibility index (Phi) is 6.23. The molecule has 0 saturated carbocycles. The van der Waals surface area contributed by atoms with Crippen LogP contribution in [0.5, 0.6) is 0 Å². The maximum atomic E-state index is 10.3. The van der Waals surface area contributed by atoms with Crippen LogP contribution in [0, 0.1) is 0 Å². The third-order valence-corrected chi connectivity index (χ3v) is 2.67. The lowest BCUT2D eigenvalue weighted by molar-refractivity contribution is 0.111. The van der Waals surface area contributed by atoms with Gasteiger partial charge in [0, 0.05) is 11.1 Å². The fourth-order valence-corrected chi connectivity index (χ4v) is 1.49. The highest BCUT2D eigenvalue weighted by molar-refractivity contribution is 5.74. The van der Waals surface area contributed by atoms with Crippen LogP contribution in [0.3, 0.4) is 0 Å². The van der Waals surface area contributed by atoms with E-state index >= 15 is 0 Å². The van der Waals surface area contributed by atoms with Gasteiger partial charge in [-0.25, -0.2) is 0 Å². The number of carbonyl (C=O) groups excluding carboxylic acids is 2. The molecule has 0 spiro atoms. The Bertz CT molecular complexity index is 499. The Morgan fingerprint density at radius 3 is 1.58 bits per heavy atom.